The van der Waals surface area contributed by atoms with E-state index in [1.807, 2.05) is 11.0 Å². The molecular weight excluding hydrogens is 308 g/mol. The fraction of sp³-hybridized carbons (Fsp3) is 0.438. The molecule has 0 aliphatic carbocycles. The average molecular weight is 328 g/mol. The van der Waals surface area contributed by atoms with E-state index in [-0.39, 0.29) is 23.7 Å². The smallest absolute Gasteiger partial charge is 0.245 e. The molecule has 1 N–H and O–H groups in total. The van der Waals surface area contributed by atoms with Crippen molar-refractivity contribution in [2.24, 2.45) is 5.41 Å². The molecule has 1 amide bonds. The van der Waals surface area contributed by atoms with Crippen molar-refractivity contribution in [2.75, 3.05) is 23.3 Å². The first-order chi connectivity index (χ1) is 11.3. The minimum atomic E-state index is -0.246. The zero-order chi connectivity index (χ0) is 17.7. The van der Waals surface area contributed by atoms with Gasteiger partial charge in [-0.3, -0.25) is 4.79 Å². The Kier molecular flexibility index (Phi) is 5.14. The average Bonchev–Trinajstić information content (AvgIpc) is 2.90. The van der Waals surface area contributed by atoms with E-state index in [9.17, 15) is 4.79 Å². The van der Waals surface area contributed by atoms with Crippen LogP contribution in [0.3, 0.4) is 0 Å². The molecule has 8 heteroatoms. The maximum absolute atomic E-state index is 12.3. The van der Waals surface area contributed by atoms with Crippen LogP contribution in [0, 0.1) is 23.7 Å². The van der Waals surface area contributed by atoms with Crippen molar-refractivity contribution in [3.8, 4) is 6.07 Å². The van der Waals surface area contributed by atoms with Crippen LogP contribution >= 0.6 is 0 Å². The number of amides is 1. The molecule has 2 heterocycles. The topological polar surface area (TPSA) is 108 Å². The molecule has 2 aromatic rings. The summed E-state index contributed by atoms with van der Waals surface area (Å²) in [5.74, 6) is 1.34. The Balaban J connectivity index is 2.16. The van der Waals surface area contributed by atoms with Gasteiger partial charge in [-0.15, -0.1) is 0 Å². The molecule has 2 aromatic heterocycles. The molecule has 0 spiro atoms. The van der Waals surface area contributed by atoms with Gasteiger partial charge in [0.05, 0.1) is 6.54 Å². The molecule has 0 unspecified atom stereocenters. The molecule has 0 aliphatic rings. The summed E-state index contributed by atoms with van der Waals surface area (Å²) in [5.41, 5.74) is -0.0669. The SMILES string of the molecule is Cc1cc(NC(=O)CN(CC(C)(C)C)c2ccnc(C#N)n2)no1. The summed E-state index contributed by atoms with van der Waals surface area (Å²) >= 11 is 0. The maximum atomic E-state index is 12.3. The van der Waals surface area contributed by atoms with E-state index >= 15 is 0 Å². The molecule has 0 aromatic carbocycles. The van der Waals surface area contributed by atoms with Crippen LogP contribution in [0.4, 0.5) is 11.6 Å². The number of aromatic nitrogens is 3. The number of nitriles is 1. The second kappa shape index (κ2) is 7.08. The molecular formula is C16H20N6O2. The van der Waals surface area contributed by atoms with E-state index < -0.39 is 0 Å². The molecule has 0 saturated carbocycles. The molecule has 0 bridgehead atoms. The molecule has 2 rings (SSSR count). The highest BCUT2D eigenvalue weighted by Crippen LogP contribution is 2.20. The summed E-state index contributed by atoms with van der Waals surface area (Å²) in [6.07, 6.45) is 1.51. The first-order valence-corrected chi connectivity index (χ1v) is 7.48. The van der Waals surface area contributed by atoms with Gasteiger partial charge in [0.2, 0.25) is 11.7 Å². The van der Waals surface area contributed by atoms with Crippen molar-refractivity contribution >= 4 is 17.5 Å². The van der Waals surface area contributed by atoms with Crippen LogP contribution in [-0.4, -0.2) is 34.1 Å². The fourth-order valence-electron chi connectivity index (χ4n) is 2.15. The molecule has 126 valence electrons. The third kappa shape index (κ3) is 5.05. The van der Waals surface area contributed by atoms with E-state index in [1.54, 1.807) is 19.1 Å². The van der Waals surface area contributed by atoms with Gasteiger partial charge in [0, 0.05) is 18.8 Å². The van der Waals surface area contributed by atoms with Gasteiger partial charge in [-0.1, -0.05) is 25.9 Å². The zero-order valence-corrected chi connectivity index (χ0v) is 14.2. The highest BCUT2D eigenvalue weighted by Gasteiger charge is 2.21. The van der Waals surface area contributed by atoms with Crippen molar-refractivity contribution in [2.45, 2.75) is 27.7 Å². The van der Waals surface area contributed by atoms with E-state index in [1.165, 1.54) is 6.20 Å². The Morgan fingerprint density at radius 1 is 1.46 bits per heavy atom. The Hall–Kier alpha value is -2.95. The first kappa shape index (κ1) is 17.4. The Morgan fingerprint density at radius 3 is 2.79 bits per heavy atom. The van der Waals surface area contributed by atoms with Gasteiger partial charge in [0.1, 0.15) is 17.6 Å². The van der Waals surface area contributed by atoms with E-state index in [4.69, 9.17) is 9.78 Å². The van der Waals surface area contributed by atoms with E-state index in [2.05, 4.69) is 41.2 Å². The quantitative estimate of drug-likeness (QED) is 0.895. The van der Waals surface area contributed by atoms with Gasteiger partial charge >= 0.3 is 0 Å². The second-order valence-electron chi connectivity index (χ2n) is 6.64. The van der Waals surface area contributed by atoms with Gasteiger partial charge in [0.25, 0.3) is 0 Å². The Labute approximate surface area is 140 Å². The van der Waals surface area contributed by atoms with Crippen molar-refractivity contribution in [1.82, 2.24) is 15.1 Å². The molecule has 0 fully saturated rings. The molecule has 24 heavy (non-hydrogen) atoms. The Morgan fingerprint density at radius 2 is 2.21 bits per heavy atom. The summed E-state index contributed by atoms with van der Waals surface area (Å²) in [5, 5.41) is 15.4. The van der Waals surface area contributed by atoms with Crippen molar-refractivity contribution in [3.63, 3.8) is 0 Å². The maximum Gasteiger partial charge on any atom is 0.245 e. The highest BCUT2D eigenvalue weighted by atomic mass is 16.5. The number of rotatable bonds is 5. The largest absolute Gasteiger partial charge is 0.360 e. The van der Waals surface area contributed by atoms with Gasteiger partial charge in [-0.05, 0) is 18.4 Å². The fourth-order valence-corrected chi connectivity index (χ4v) is 2.15. The monoisotopic (exact) mass is 328 g/mol. The summed E-state index contributed by atoms with van der Waals surface area (Å²) in [4.78, 5) is 22.2. The lowest BCUT2D eigenvalue weighted by molar-refractivity contribution is -0.115. The lowest BCUT2D eigenvalue weighted by atomic mass is 9.96. The van der Waals surface area contributed by atoms with Crippen LogP contribution in [0.5, 0.6) is 0 Å². The number of hydrogen-bond acceptors (Lipinski definition) is 7. The third-order valence-corrected chi connectivity index (χ3v) is 2.96. The van der Waals surface area contributed by atoms with Gasteiger partial charge < -0.3 is 14.7 Å². The lowest BCUT2D eigenvalue weighted by Crippen LogP contribution is -2.39. The van der Waals surface area contributed by atoms with Crippen LogP contribution in [-0.2, 0) is 4.79 Å². The van der Waals surface area contributed by atoms with Gasteiger partial charge in [-0.2, -0.15) is 5.26 Å². The molecule has 0 saturated heterocycles. The molecule has 0 atom stereocenters. The summed E-state index contributed by atoms with van der Waals surface area (Å²) in [6.45, 7) is 8.59. The summed E-state index contributed by atoms with van der Waals surface area (Å²) < 4.78 is 4.93. The number of anilines is 2. The van der Waals surface area contributed by atoms with Crippen LogP contribution in [0.15, 0.2) is 22.9 Å². The normalized spacial score (nSPS) is 11.0. The summed E-state index contributed by atoms with van der Waals surface area (Å²) in [6, 6.07) is 5.23. The molecule has 8 nitrogen and oxygen atoms in total. The number of carbonyl (C=O) groups excluding carboxylic acids is 1. The second-order valence-corrected chi connectivity index (χ2v) is 6.64. The molecule has 0 radical (unpaired) electrons. The van der Waals surface area contributed by atoms with Crippen molar-refractivity contribution < 1.29 is 9.32 Å². The number of nitrogens with one attached hydrogen (secondary N) is 1. The van der Waals surface area contributed by atoms with Crippen LogP contribution in [0.2, 0.25) is 0 Å². The minimum Gasteiger partial charge on any atom is -0.360 e. The van der Waals surface area contributed by atoms with Crippen LogP contribution in [0.25, 0.3) is 0 Å². The van der Waals surface area contributed by atoms with E-state index in [0.29, 0.717) is 23.9 Å². The predicted molar refractivity (Wildman–Crippen MR) is 88.3 cm³/mol. The number of aryl methyl sites for hydroxylation is 1. The number of carbonyl (C=O) groups is 1. The van der Waals surface area contributed by atoms with Crippen LogP contribution in [0.1, 0.15) is 32.4 Å². The van der Waals surface area contributed by atoms with E-state index in [0.717, 1.165) is 0 Å². The predicted octanol–water partition coefficient (Wildman–Crippen LogP) is 2.14. The van der Waals surface area contributed by atoms with Gasteiger partial charge in [0.15, 0.2) is 5.82 Å². The zero-order valence-electron chi connectivity index (χ0n) is 14.2. The first-order valence-electron chi connectivity index (χ1n) is 7.48. The molecule has 0 aliphatic heterocycles. The number of nitrogens with zero attached hydrogens (tertiary/aromatic N) is 5. The minimum absolute atomic E-state index is 0.0669. The van der Waals surface area contributed by atoms with Crippen molar-refractivity contribution in [3.05, 3.63) is 29.9 Å². The van der Waals surface area contributed by atoms with Crippen LogP contribution < -0.4 is 10.2 Å². The van der Waals surface area contributed by atoms with Crippen molar-refractivity contribution in [1.29, 1.82) is 5.26 Å². The highest BCUT2D eigenvalue weighted by molar-refractivity contribution is 5.93. The lowest BCUT2D eigenvalue weighted by Gasteiger charge is -2.30. The standard InChI is InChI=1S/C16H20N6O2/c1-11-7-12(21-24-11)20-15(23)9-22(10-16(2,3)4)14-5-6-18-13(8-17)19-14/h5-7H,9-10H2,1-4H3,(H,20,21,23). The summed E-state index contributed by atoms with van der Waals surface area (Å²) in [7, 11) is 0. The Bertz CT molecular complexity index is 756. The van der Waals surface area contributed by atoms with Gasteiger partial charge in [-0.25, -0.2) is 9.97 Å². The third-order valence-electron chi connectivity index (χ3n) is 2.96. The number of hydrogen-bond donors (Lipinski definition) is 1.